The normalized spacial score (nSPS) is 14.9. The predicted molar refractivity (Wildman–Crippen MR) is 101 cm³/mol. The lowest BCUT2D eigenvalue weighted by atomic mass is 10.0. The van der Waals surface area contributed by atoms with E-state index in [-0.39, 0.29) is 29.6 Å². The number of nitrogens with zero attached hydrogens (tertiary/aromatic N) is 2. The van der Waals surface area contributed by atoms with E-state index in [0.29, 0.717) is 11.3 Å². The summed E-state index contributed by atoms with van der Waals surface area (Å²) in [6.07, 6.45) is 3.46. The van der Waals surface area contributed by atoms with Crippen LogP contribution in [0.1, 0.15) is 30.0 Å². The molecular weight excluding hydrogens is 345 g/mol. The summed E-state index contributed by atoms with van der Waals surface area (Å²) in [6, 6.07) is 11.9. The Morgan fingerprint density at radius 1 is 1.26 bits per heavy atom. The Labute approximate surface area is 155 Å². The number of carbonyl (C=O) groups excluding carboxylic acids is 1. The molecule has 1 N–H and O–H groups in total. The number of fused-ring (bicyclic) bond motifs is 1. The first-order chi connectivity index (χ1) is 13.0. The topological polar surface area (TPSA) is 64.0 Å². The Kier molecular flexibility index (Phi) is 4.48. The minimum Gasteiger partial charge on any atom is -0.347 e. The molecule has 0 aliphatic heterocycles. The molecule has 1 fully saturated rings. The highest BCUT2D eigenvalue weighted by Gasteiger charge is 2.33. The van der Waals surface area contributed by atoms with Gasteiger partial charge in [-0.25, -0.2) is 9.37 Å². The van der Waals surface area contributed by atoms with Crippen molar-refractivity contribution in [1.82, 2.24) is 14.9 Å². The van der Waals surface area contributed by atoms with Crippen LogP contribution in [0.5, 0.6) is 0 Å². The van der Waals surface area contributed by atoms with Crippen LogP contribution < -0.4 is 10.9 Å². The van der Waals surface area contributed by atoms with Crippen LogP contribution in [-0.4, -0.2) is 15.5 Å². The molecule has 0 radical (unpaired) electrons. The molecule has 1 aliphatic rings. The summed E-state index contributed by atoms with van der Waals surface area (Å²) >= 11 is 0. The average molecular weight is 365 g/mol. The third-order valence-electron chi connectivity index (χ3n) is 4.95. The van der Waals surface area contributed by atoms with Crippen molar-refractivity contribution in [3.05, 3.63) is 76.1 Å². The smallest absolute Gasteiger partial charge is 0.261 e. The van der Waals surface area contributed by atoms with E-state index in [9.17, 15) is 14.0 Å². The molecule has 2 aromatic carbocycles. The van der Waals surface area contributed by atoms with E-state index in [1.54, 1.807) is 0 Å². The van der Waals surface area contributed by atoms with Gasteiger partial charge in [0.2, 0.25) is 5.91 Å². The zero-order valence-corrected chi connectivity index (χ0v) is 15.0. The van der Waals surface area contributed by atoms with Crippen molar-refractivity contribution in [2.75, 3.05) is 0 Å². The first-order valence-electron chi connectivity index (χ1n) is 9.02. The van der Waals surface area contributed by atoms with E-state index >= 15 is 0 Å². The lowest BCUT2D eigenvalue weighted by Crippen LogP contribution is -2.35. The van der Waals surface area contributed by atoms with E-state index in [0.717, 1.165) is 18.4 Å². The fourth-order valence-electron chi connectivity index (χ4n) is 3.29. The molecule has 0 bridgehead atoms. The van der Waals surface area contributed by atoms with Gasteiger partial charge in [-0.15, -0.1) is 0 Å². The molecule has 5 nitrogen and oxygen atoms in total. The minimum absolute atomic E-state index is 0.0451. The van der Waals surface area contributed by atoms with E-state index < -0.39 is 5.82 Å². The number of halogens is 1. The minimum atomic E-state index is -0.449. The molecular formula is C21H20FN3O2. The van der Waals surface area contributed by atoms with Crippen LogP contribution in [0.2, 0.25) is 0 Å². The lowest BCUT2D eigenvalue weighted by Gasteiger charge is -2.19. The van der Waals surface area contributed by atoms with Crippen LogP contribution in [0, 0.1) is 18.7 Å². The molecule has 1 aliphatic carbocycles. The fraction of sp³-hybridized carbons (Fsp3) is 0.286. The van der Waals surface area contributed by atoms with Crippen molar-refractivity contribution in [3.63, 3.8) is 0 Å². The molecule has 1 heterocycles. The highest BCUT2D eigenvalue weighted by molar-refractivity contribution is 5.79. The van der Waals surface area contributed by atoms with Crippen molar-refractivity contribution in [1.29, 1.82) is 0 Å². The molecule has 1 atom stereocenters. The van der Waals surface area contributed by atoms with E-state index in [4.69, 9.17) is 0 Å². The Hall–Kier alpha value is -3.02. The first-order valence-corrected chi connectivity index (χ1v) is 9.02. The quantitative estimate of drug-likeness (QED) is 0.756. The molecule has 6 heteroatoms. The highest BCUT2D eigenvalue weighted by atomic mass is 19.1. The van der Waals surface area contributed by atoms with Gasteiger partial charge < -0.3 is 5.32 Å². The zero-order valence-electron chi connectivity index (χ0n) is 15.0. The van der Waals surface area contributed by atoms with Gasteiger partial charge in [0, 0.05) is 6.07 Å². The van der Waals surface area contributed by atoms with Gasteiger partial charge in [0.05, 0.1) is 23.3 Å². The van der Waals surface area contributed by atoms with Crippen LogP contribution in [-0.2, 0) is 11.3 Å². The van der Waals surface area contributed by atoms with E-state index in [2.05, 4.69) is 10.3 Å². The van der Waals surface area contributed by atoms with Crippen molar-refractivity contribution in [3.8, 4) is 0 Å². The van der Waals surface area contributed by atoms with Crippen molar-refractivity contribution in [2.24, 2.45) is 5.92 Å². The van der Waals surface area contributed by atoms with Crippen molar-refractivity contribution in [2.45, 2.75) is 32.4 Å². The number of carbonyl (C=O) groups is 1. The number of hydrogen-bond acceptors (Lipinski definition) is 3. The number of amides is 1. The van der Waals surface area contributed by atoms with Gasteiger partial charge in [0.25, 0.3) is 5.56 Å². The molecule has 27 heavy (non-hydrogen) atoms. The number of hydrogen-bond donors (Lipinski definition) is 1. The van der Waals surface area contributed by atoms with Gasteiger partial charge in [-0.05, 0) is 43.4 Å². The third-order valence-corrected chi connectivity index (χ3v) is 4.95. The van der Waals surface area contributed by atoms with Crippen LogP contribution in [0.15, 0.2) is 53.6 Å². The van der Waals surface area contributed by atoms with E-state index in [1.807, 2.05) is 31.2 Å². The molecule has 138 valence electrons. The third kappa shape index (κ3) is 3.74. The van der Waals surface area contributed by atoms with Gasteiger partial charge >= 0.3 is 0 Å². The number of rotatable bonds is 5. The lowest BCUT2D eigenvalue weighted by molar-refractivity contribution is -0.122. The second kappa shape index (κ2) is 6.95. The molecule has 0 spiro atoms. The maximum Gasteiger partial charge on any atom is 0.261 e. The molecule has 1 unspecified atom stereocenters. The molecule has 1 amide bonds. The summed E-state index contributed by atoms with van der Waals surface area (Å²) < 4.78 is 14.5. The first kappa shape index (κ1) is 17.4. The fourth-order valence-corrected chi connectivity index (χ4v) is 3.29. The monoisotopic (exact) mass is 365 g/mol. The summed E-state index contributed by atoms with van der Waals surface area (Å²) in [6.45, 7) is 1.91. The van der Waals surface area contributed by atoms with Crippen molar-refractivity contribution >= 4 is 16.8 Å². The molecule has 0 saturated heterocycles. The second-order valence-corrected chi connectivity index (χ2v) is 7.13. The predicted octanol–water partition coefficient (Wildman–Crippen LogP) is 3.11. The Morgan fingerprint density at radius 3 is 2.70 bits per heavy atom. The van der Waals surface area contributed by atoms with Crippen LogP contribution in [0.4, 0.5) is 4.39 Å². The molecule has 1 aromatic heterocycles. The average Bonchev–Trinajstić information content (AvgIpc) is 3.48. The summed E-state index contributed by atoms with van der Waals surface area (Å²) in [7, 11) is 0. The van der Waals surface area contributed by atoms with Crippen LogP contribution in [0.3, 0.4) is 0 Å². The van der Waals surface area contributed by atoms with Gasteiger partial charge in [-0.3, -0.25) is 14.2 Å². The van der Waals surface area contributed by atoms with Gasteiger partial charge in [0.15, 0.2) is 0 Å². The zero-order chi connectivity index (χ0) is 19.0. The highest BCUT2D eigenvalue weighted by Crippen LogP contribution is 2.41. The van der Waals surface area contributed by atoms with Gasteiger partial charge in [0.1, 0.15) is 12.4 Å². The van der Waals surface area contributed by atoms with Gasteiger partial charge in [-0.2, -0.15) is 0 Å². The Morgan fingerprint density at radius 2 is 2.00 bits per heavy atom. The number of aromatic nitrogens is 2. The second-order valence-electron chi connectivity index (χ2n) is 7.13. The number of benzene rings is 2. The van der Waals surface area contributed by atoms with Gasteiger partial charge in [-0.1, -0.05) is 29.8 Å². The Balaban J connectivity index is 1.54. The molecule has 4 rings (SSSR count). The summed E-state index contributed by atoms with van der Waals surface area (Å²) in [5, 5.41) is 3.36. The summed E-state index contributed by atoms with van der Waals surface area (Å²) in [4.78, 5) is 29.2. The summed E-state index contributed by atoms with van der Waals surface area (Å²) in [5.41, 5.74) is 2.18. The number of nitrogens with one attached hydrogen (secondary N) is 1. The standard InChI is InChI=1S/C21H20FN3O2/c1-13-2-4-14(5-3-13)20(15-6-7-15)24-19(26)11-25-12-23-18-10-16(22)8-9-17(18)21(25)27/h2-5,8-10,12,15,20H,6-7,11H2,1H3,(H,24,26). The Bertz CT molecular complexity index is 1060. The number of aryl methyl sites for hydroxylation is 1. The maximum atomic E-state index is 13.3. The maximum absolute atomic E-state index is 13.3. The molecule has 3 aromatic rings. The largest absolute Gasteiger partial charge is 0.347 e. The van der Waals surface area contributed by atoms with E-state index in [1.165, 1.54) is 34.7 Å². The molecule has 1 saturated carbocycles. The summed E-state index contributed by atoms with van der Waals surface area (Å²) in [5.74, 6) is -0.251. The SMILES string of the molecule is Cc1ccc(C(NC(=O)Cn2cnc3cc(F)ccc3c2=O)C2CC2)cc1. The van der Waals surface area contributed by atoms with Crippen molar-refractivity contribution < 1.29 is 9.18 Å². The van der Waals surface area contributed by atoms with Crippen LogP contribution >= 0.6 is 0 Å². The van der Waals surface area contributed by atoms with Crippen LogP contribution in [0.25, 0.3) is 10.9 Å².